The van der Waals surface area contributed by atoms with E-state index in [2.05, 4.69) is 34.6 Å². The second kappa shape index (κ2) is 5.51. The summed E-state index contributed by atoms with van der Waals surface area (Å²) < 4.78 is 3.75. The Morgan fingerprint density at radius 1 is 1.00 bits per heavy atom. The monoisotopic (exact) mass is 244 g/mol. The molecular weight excluding hydrogens is 223 g/mol. The van der Waals surface area contributed by atoms with E-state index in [-0.39, 0.29) is 0 Å². The van der Waals surface area contributed by atoms with Gasteiger partial charge < -0.3 is 0 Å². The van der Waals surface area contributed by atoms with Crippen molar-refractivity contribution in [2.45, 2.75) is 52.6 Å². The molecule has 0 aliphatic rings. The van der Waals surface area contributed by atoms with Crippen LogP contribution in [0.4, 0.5) is 0 Å². The van der Waals surface area contributed by atoms with Gasteiger partial charge in [-0.25, -0.2) is 0 Å². The molecule has 0 atom stereocenters. The van der Waals surface area contributed by atoms with Crippen LogP contribution in [-0.2, 0) is 0 Å². The molecule has 0 bridgehead atoms. The molecule has 0 amide bonds. The van der Waals surface area contributed by atoms with Crippen LogP contribution in [0.5, 0.6) is 0 Å². The molecule has 0 spiro atoms. The third-order valence-electron chi connectivity index (χ3n) is 2.33. The second-order valence-electron chi connectivity index (χ2n) is 3.94. The molecule has 0 fully saturated rings. The van der Waals surface area contributed by atoms with Crippen molar-refractivity contribution in [2.24, 2.45) is 0 Å². The summed E-state index contributed by atoms with van der Waals surface area (Å²) in [6.07, 6.45) is 1.43. The fourth-order valence-corrected chi connectivity index (χ4v) is 11.9. The van der Waals surface area contributed by atoms with E-state index < -0.39 is 21.4 Å². The van der Waals surface area contributed by atoms with Gasteiger partial charge in [0, 0.05) is 0 Å². The summed E-state index contributed by atoms with van der Waals surface area (Å²) in [5.74, 6) is 0. The molecule has 0 aromatic heterocycles. The summed E-state index contributed by atoms with van der Waals surface area (Å²) in [7, 11) is 0. The summed E-state index contributed by atoms with van der Waals surface area (Å²) in [5, 5.41) is 0. The summed E-state index contributed by atoms with van der Waals surface area (Å²) >= 11 is -1.05. The zero-order chi connectivity index (χ0) is 8.15. The van der Waals surface area contributed by atoms with E-state index in [1.54, 1.807) is 4.18 Å². The molecule has 60 valence electrons. The van der Waals surface area contributed by atoms with E-state index in [0.29, 0.717) is 0 Å². The number of hydrogen-bond acceptors (Lipinski definition) is 0. The molecule has 1 heteroatoms. The minimum absolute atomic E-state index is 1.05. The van der Waals surface area contributed by atoms with Crippen LogP contribution < -0.4 is 0 Å². The Morgan fingerprint density at radius 3 is 1.50 bits per heavy atom. The van der Waals surface area contributed by atoms with Crippen molar-refractivity contribution in [3.05, 3.63) is 0 Å². The molecule has 0 saturated carbocycles. The van der Waals surface area contributed by atoms with Crippen LogP contribution in [0.15, 0.2) is 0 Å². The Kier molecular flexibility index (Phi) is 5.99. The van der Waals surface area contributed by atoms with Crippen molar-refractivity contribution in [3.63, 3.8) is 0 Å². The quantitative estimate of drug-likeness (QED) is 0.707. The van der Waals surface area contributed by atoms with Crippen molar-refractivity contribution < 1.29 is 0 Å². The van der Waals surface area contributed by atoms with Gasteiger partial charge in [-0.2, -0.15) is 0 Å². The summed E-state index contributed by atoms with van der Waals surface area (Å²) in [6, 6.07) is 0. The van der Waals surface area contributed by atoms with Crippen LogP contribution in [0.2, 0.25) is 11.5 Å². The first kappa shape index (κ1) is 10.9. The van der Waals surface area contributed by atoms with Gasteiger partial charge in [0.05, 0.1) is 0 Å². The minimum atomic E-state index is -1.05. The molecule has 0 aromatic carbocycles. The van der Waals surface area contributed by atoms with Crippen molar-refractivity contribution in [2.75, 3.05) is 0 Å². The summed E-state index contributed by atoms with van der Waals surface area (Å²) in [6.45, 7) is 12.0. The van der Waals surface area contributed by atoms with Gasteiger partial charge in [0.1, 0.15) is 0 Å². The molecule has 0 saturated heterocycles. The first-order valence-corrected chi connectivity index (χ1v) is 10.7. The van der Waals surface area contributed by atoms with E-state index in [1.165, 1.54) is 6.42 Å². The first-order valence-electron chi connectivity index (χ1n) is 4.59. The molecule has 0 heterocycles. The molecule has 0 rings (SSSR count). The van der Waals surface area contributed by atoms with Crippen LogP contribution in [0, 0.1) is 0 Å². The molecule has 10 heavy (non-hydrogen) atoms. The standard InChI is InChI=1S/3C3H7.In/c3*1-3-2;/h2*3H,1-2H3;1,3H2,2H3;. The zero-order valence-electron chi connectivity index (χ0n) is 8.15. The Bertz CT molecular complexity index is 68.8. The maximum atomic E-state index is 2.43. The predicted octanol–water partition coefficient (Wildman–Crippen LogP) is 3.71. The molecule has 0 aliphatic carbocycles. The van der Waals surface area contributed by atoms with Crippen LogP contribution >= 0.6 is 0 Å². The fourth-order valence-electron chi connectivity index (χ4n) is 1.77. The van der Waals surface area contributed by atoms with E-state index in [9.17, 15) is 0 Å². The van der Waals surface area contributed by atoms with Crippen molar-refractivity contribution in [3.8, 4) is 0 Å². The fraction of sp³-hybridized carbons (Fsp3) is 1.00. The first-order chi connectivity index (χ1) is 4.59. The molecule has 0 radical (unpaired) electrons. The van der Waals surface area contributed by atoms with Crippen molar-refractivity contribution in [1.29, 1.82) is 0 Å². The summed E-state index contributed by atoms with van der Waals surface area (Å²) in [5.41, 5.74) is 0. The molecule has 0 aromatic rings. The van der Waals surface area contributed by atoms with Crippen molar-refractivity contribution in [1.82, 2.24) is 0 Å². The molecule has 0 unspecified atom stereocenters. The van der Waals surface area contributed by atoms with E-state index in [0.717, 1.165) is 7.35 Å². The average Bonchev–Trinajstić information content (AvgIpc) is 1.81. The Balaban J connectivity index is 3.73. The SMILES string of the molecule is CC[CH2][In]([CH](C)C)[CH](C)C. The van der Waals surface area contributed by atoms with Crippen LogP contribution in [0.1, 0.15) is 41.0 Å². The predicted molar refractivity (Wildman–Crippen MR) is 51.0 cm³/mol. The molecular formula is C9H21In. The maximum absolute atomic E-state index is 2.43. The molecule has 0 aliphatic heterocycles. The van der Waals surface area contributed by atoms with Crippen LogP contribution in [0.25, 0.3) is 0 Å². The Hall–Kier alpha value is 0.870. The van der Waals surface area contributed by atoms with Gasteiger partial charge in [0.25, 0.3) is 0 Å². The molecule has 0 N–H and O–H groups in total. The van der Waals surface area contributed by atoms with E-state index in [1.807, 2.05) is 0 Å². The van der Waals surface area contributed by atoms with Gasteiger partial charge in [0.15, 0.2) is 0 Å². The summed E-state index contributed by atoms with van der Waals surface area (Å²) in [4.78, 5) is 0. The topological polar surface area (TPSA) is 0 Å². The Morgan fingerprint density at radius 2 is 1.40 bits per heavy atom. The van der Waals surface area contributed by atoms with Crippen LogP contribution in [-0.4, -0.2) is 21.4 Å². The van der Waals surface area contributed by atoms with Gasteiger partial charge in [-0.15, -0.1) is 0 Å². The van der Waals surface area contributed by atoms with Crippen molar-refractivity contribution >= 4 is 21.4 Å². The van der Waals surface area contributed by atoms with Crippen LogP contribution in [0.3, 0.4) is 0 Å². The van der Waals surface area contributed by atoms with Gasteiger partial charge >= 0.3 is 74.0 Å². The second-order valence-corrected chi connectivity index (χ2v) is 17.0. The van der Waals surface area contributed by atoms with E-state index >= 15 is 0 Å². The third-order valence-corrected chi connectivity index (χ3v) is 15.7. The van der Waals surface area contributed by atoms with Gasteiger partial charge in [-0.1, -0.05) is 0 Å². The van der Waals surface area contributed by atoms with Gasteiger partial charge in [-0.05, 0) is 0 Å². The van der Waals surface area contributed by atoms with E-state index in [4.69, 9.17) is 0 Å². The van der Waals surface area contributed by atoms with Gasteiger partial charge in [-0.3, -0.25) is 0 Å². The zero-order valence-corrected chi connectivity index (χ0v) is 11.4. The third kappa shape index (κ3) is 3.90. The number of hydrogen-bond donors (Lipinski definition) is 0. The average molecular weight is 244 g/mol. The molecule has 0 nitrogen and oxygen atoms in total. The van der Waals surface area contributed by atoms with Gasteiger partial charge in [0.2, 0.25) is 0 Å². The Labute approximate surface area is 73.9 Å². The normalized spacial score (nSPS) is 11.1. The number of rotatable bonds is 4.